The van der Waals surface area contributed by atoms with E-state index in [1.807, 2.05) is 0 Å². The number of aliphatic hydroxyl groups is 1. The van der Waals surface area contributed by atoms with Crippen LogP contribution in [-0.4, -0.2) is 36.2 Å². The Labute approximate surface area is 80.9 Å². The Morgan fingerprint density at radius 2 is 1.85 bits per heavy atom. The molecule has 0 saturated heterocycles. The van der Waals surface area contributed by atoms with Crippen molar-refractivity contribution in [3.05, 3.63) is 0 Å². The minimum Gasteiger partial charge on any atom is -0.391 e. The number of aliphatic hydroxyl groups excluding tert-OH is 1. The Kier molecular flexibility index (Phi) is 2.61. The van der Waals surface area contributed by atoms with Crippen molar-refractivity contribution >= 4 is 0 Å². The van der Waals surface area contributed by atoms with E-state index in [2.05, 4.69) is 19.0 Å². The van der Waals surface area contributed by atoms with Gasteiger partial charge in [-0.25, -0.2) is 0 Å². The van der Waals surface area contributed by atoms with Crippen molar-refractivity contribution in [1.82, 2.24) is 4.90 Å². The third-order valence-electron chi connectivity index (χ3n) is 3.94. The summed E-state index contributed by atoms with van der Waals surface area (Å²) in [6.07, 6.45) is 6.43. The normalized spacial score (nSPS) is 45.2. The van der Waals surface area contributed by atoms with Gasteiger partial charge in [-0.1, -0.05) is 19.3 Å². The van der Waals surface area contributed by atoms with E-state index in [0.717, 1.165) is 18.3 Å². The van der Waals surface area contributed by atoms with Crippen LogP contribution in [0.15, 0.2) is 0 Å². The van der Waals surface area contributed by atoms with Gasteiger partial charge < -0.3 is 10.0 Å². The van der Waals surface area contributed by atoms with Crippen molar-refractivity contribution in [2.45, 2.75) is 44.2 Å². The Hall–Kier alpha value is -0.0800. The zero-order valence-corrected chi connectivity index (χ0v) is 8.74. The van der Waals surface area contributed by atoms with E-state index in [-0.39, 0.29) is 6.10 Å². The van der Waals surface area contributed by atoms with Crippen LogP contribution in [0.3, 0.4) is 0 Å². The van der Waals surface area contributed by atoms with Crippen LogP contribution in [0.2, 0.25) is 0 Å². The van der Waals surface area contributed by atoms with Crippen LogP contribution in [-0.2, 0) is 0 Å². The highest BCUT2D eigenvalue weighted by molar-refractivity contribution is 4.96. The minimum atomic E-state index is -0.0666. The van der Waals surface area contributed by atoms with Crippen molar-refractivity contribution in [3.8, 4) is 0 Å². The summed E-state index contributed by atoms with van der Waals surface area (Å²) >= 11 is 0. The van der Waals surface area contributed by atoms with E-state index >= 15 is 0 Å². The van der Waals surface area contributed by atoms with Crippen LogP contribution in [0.25, 0.3) is 0 Å². The van der Waals surface area contributed by atoms with E-state index in [1.54, 1.807) is 0 Å². The summed E-state index contributed by atoms with van der Waals surface area (Å²) in [6, 6.07) is 0.435. The molecule has 2 heteroatoms. The van der Waals surface area contributed by atoms with Crippen molar-refractivity contribution in [3.63, 3.8) is 0 Å². The maximum Gasteiger partial charge on any atom is 0.0700 e. The fraction of sp³-hybridized carbons (Fsp3) is 1.00. The zero-order chi connectivity index (χ0) is 9.42. The van der Waals surface area contributed by atoms with Gasteiger partial charge in [0.1, 0.15) is 0 Å². The molecule has 2 saturated carbocycles. The van der Waals surface area contributed by atoms with E-state index in [1.165, 1.54) is 25.7 Å². The fourth-order valence-electron chi connectivity index (χ4n) is 3.44. The summed E-state index contributed by atoms with van der Waals surface area (Å²) in [5.41, 5.74) is 0. The molecule has 0 aliphatic heterocycles. The van der Waals surface area contributed by atoms with E-state index in [9.17, 15) is 5.11 Å². The molecule has 0 aromatic heterocycles. The molecule has 2 aliphatic rings. The van der Waals surface area contributed by atoms with Crippen molar-refractivity contribution < 1.29 is 5.11 Å². The molecule has 0 heterocycles. The lowest BCUT2D eigenvalue weighted by Crippen LogP contribution is -2.40. The summed E-state index contributed by atoms with van der Waals surface area (Å²) in [4.78, 5) is 2.22. The second-order valence-electron chi connectivity index (χ2n) is 4.97. The average molecular weight is 183 g/mol. The van der Waals surface area contributed by atoms with Gasteiger partial charge in [-0.05, 0) is 38.8 Å². The highest BCUT2D eigenvalue weighted by atomic mass is 16.3. The predicted molar refractivity (Wildman–Crippen MR) is 53.5 cm³/mol. The topological polar surface area (TPSA) is 23.5 Å². The second-order valence-corrected chi connectivity index (χ2v) is 4.97. The fourth-order valence-corrected chi connectivity index (χ4v) is 3.44. The van der Waals surface area contributed by atoms with Gasteiger partial charge >= 0.3 is 0 Å². The standard InChI is InChI=1S/C11H21NO/c1-12(2)11-9-6-4-3-5-8(9)7-10(11)13/h8-11,13H,3-7H2,1-2H3. The first-order valence-corrected chi connectivity index (χ1v) is 5.54. The van der Waals surface area contributed by atoms with Gasteiger partial charge in [-0.2, -0.15) is 0 Å². The van der Waals surface area contributed by atoms with Gasteiger partial charge in [0.25, 0.3) is 0 Å². The smallest absolute Gasteiger partial charge is 0.0700 e. The van der Waals surface area contributed by atoms with Gasteiger partial charge in [0.05, 0.1) is 6.10 Å². The van der Waals surface area contributed by atoms with Crippen LogP contribution in [0, 0.1) is 11.8 Å². The molecule has 2 aliphatic carbocycles. The molecule has 0 aromatic rings. The first kappa shape index (κ1) is 9.47. The molecule has 0 spiro atoms. The molecule has 13 heavy (non-hydrogen) atoms. The monoisotopic (exact) mass is 183 g/mol. The number of nitrogens with zero attached hydrogens (tertiary/aromatic N) is 1. The molecule has 0 radical (unpaired) electrons. The lowest BCUT2D eigenvalue weighted by atomic mass is 9.80. The first-order valence-electron chi connectivity index (χ1n) is 5.54. The lowest BCUT2D eigenvalue weighted by molar-refractivity contribution is 0.0767. The molecular formula is C11H21NO. The third-order valence-corrected chi connectivity index (χ3v) is 3.94. The van der Waals surface area contributed by atoms with Crippen LogP contribution in [0.5, 0.6) is 0 Å². The molecule has 4 unspecified atom stereocenters. The van der Waals surface area contributed by atoms with Gasteiger partial charge in [-0.15, -0.1) is 0 Å². The summed E-state index contributed by atoms with van der Waals surface area (Å²) in [5.74, 6) is 1.59. The summed E-state index contributed by atoms with van der Waals surface area (Å²) < 4.78 is 0. The van der Waals surface area contributed by atoms with Gasteiger partial charge in [0.15, 0.2) is 0 Å². The predicted octanol–water partition coefficient (Wildman–Crippen LogP) is 1.49. The first-order chi connectivity index (χ1) is 6.20. The summed E-state index contributed by atoms with van der Waals surface area (Å²) in [5, 5.41) is 9.95. The maximum absolute atomic E-state index is 9.95. The molecular weight excluding hydrogens is 162 g/mol. The molecule has 2 rings (SSSR count). The molecule has 4 atom stereocenters. The van der Waals surface area contributed by atoms with Gasteiger partial charge in [0, 0.05) is 6.04 Å². The lowest BCUT2D eigenvalue weighted by Gasteiger charge is -2.33. The van der Waals surface area contributed by atoms with Crippen molar-refractivity contribution in [2.75, 3.05) is 14.1 Å². The van der Waals surface area contributed by atoms with Crippen LogP contribution < -0.4 is 0 Å². The largest absolute Gasteiger partial charge is 0.391 e. The average Bonchev–Trinajstić information content (AvgIpc) is 2.39. The van der Waals surface area contributed by atoms with E-state index < -0.39 is 0 Å². The maximum atomic E-state index is 9.95. The minimum absolute atomic E-state index is 0.0666. The third kappa shape index (κ3) is 1.62. The van der Waals surface area contributed by atoms with Crippen LogP contribution in [0.1, 0.15) is 32.1 Å². The molecule has 0 aromatic carbocycles. The van der Waals surface area contributed by atoms with Crippen LogP contribution in [0.4, 0.5) is 0 Å². The van der Waals surface area contributed by atoms with E-state index in [0.29, 0.717) is 6.04 Å². The summed E-state index contributed by atoms with van der Waals surface area (Å²) in [6.45, 7) is 0. The Morgan fingerprint density at radius 3 is 2.54 bits per heavy atom. The highest BCUT2D eigenvalue weighted by Gasteiger charge is 2.43. The molecule has 76 valence electrons. The molecule has 2 nitrogen and oxygen atoms in total. The number of hydrogen-bond acceptors (Lipinski definition) is 2. The van der Waals surface area contributed by atoms with Crippen molar-refractivity contribution in [1.29, 1.82) is 0 Å². The SMILES string of the molecule is CN(C)C1C(O)CC2CCCCC21. The summed E-state index contributed by atoms with van der Waals surface area (Å²) in [7, 11) is 4.20. The Bertz CT molecular complexity index is 181. The number of likely N-dealkylation sites (N-methyl/N-ethyl adjacent to an activating group) is 1. The van der Waals surface area contributed by atoms with Crippen LogP contribution >= 0.6 is 0 Å². The Morgan fingerprint density at radius 1 is 1.15 bits per heavy atom. The quantitative estimate of drug-likeness (QED) is 0.665. The molecule has 1 N–H and O–H groups in total. The second kappa shape index (κ2) is 3.58. The van der Waals surface area contributed by atoms with Crippen molar-refractivity contribution in [2.24, 2.45) is 11.8 Å². The van der Waals surface area contributed by atoms with Gasteiger partial charge in [0.2, 0.25) is 0 Å². The van der Waals surface area contributed by atoms with E-state index in [4.69, 9.17) is 0 Å². The number of rotatable bonds is 1. The molecule has 2 fully saturated rings. The Balaban J connectivity index is 2.09. The zero-order valence-electron chi connectivity index (χ0n) is 8.74. The number of fused-ring (bicyclic) bond motifs is 1. The molecule has 0 amide bonds. The highest BCUT2D eigenvalue weighted by Crippen LogP contribution is 2.43. The number of hydrogen-bond donors (Lipinski definition) is 1. The van der Waals surface area contributed by atoms with Gasteiger partial charge in [-0.3, -0.25) is 0 Å². The molecule has 0 bridgehead atoms.